The van der Waals surface area contributed by atoms with E-state index in [9.17, 15) is 4.39 Å². The first kappa shape index (κ1) is 18.7. The van der Waals surface area contributed by atoms with Crippen molar-refractivity contribution in [2.24, 2.45) is 0 Å². The van der Waals surface area contributed by atoms with Crippen LogP contribution < -0.4 is 10.2 Å². The molecule has 0 aliphatic carbocycles. The molecule has 1 aliphatic heterocycles. The van der Waals surface area contributed by atoms with E-state index in [-0.39, 0.29) is 18.0 Å². The molecule has 1 aliphatic rings. The Morgan fingerprint density at radius 2 is 1.93 bits per heavy atom. The van der Waals surface area contributed by atoms with Crippen LogP contribution in [0.15, 0.2) is 30.5 Å². The summed E-state index contributed by atoms with van der Waals surface area (Å²) in [5.74, 6) is 0.462. The maximum atomic E-state index is 14.8. The van der Waals surface area contributed by atoms with E-state index in [1.165, 1.54) is 0 Å². The number of morpholine rings is 1. The number of aromatic nitrogens is 3. The van der Waals surface area contributed by atoms with Crippen LogP contribution in [0.3, 0.4) is 0 Å². The first-order valence-corrected chi connectivity index (χ1v) is 9.65. The van der Waals surface area contributed by atoms with Gasteiger partial charge in [-0.3, -0.25) is 4.40 Å². The van der Waals surface area contributed by atoms with Crippen LogP contribution in [0.4, 0.5) is 15.8 Å². The second-order valence-corrected chi connectivity index (χ2v) is 7.61. The Hall–Kier alpha value is -2.67. The van der Waals surface area contributed by atoms with Crippen molar-refractivity contribution in [2.75, 3.05) is 23.3 Å². The van der Waals surface area contributed by atoms with Crippen molar-refractivity contribution in [2.45, 2.75) is 46.4 Å². The number of hydrogen-bond donors (Lipinski definition) is 1. The van der Waals surface area contributed by atoms with Crippen LogP contribution in [-0.4, -0.2) is 39.7 Å². The zero-order valence-electron chi connectivity index (χ0n) is 16.7. The van der Waals surface area contributed by atoms with E-state index in [0.29, 0.717) is 31.1 Å². The van der Waals surface area contributed by atoms with E-state index in [0.717, 1.165) is 22.8 Å². The number of anilines is 2. The van der Waals surface area contributed by atoms with Gasteiger partial charge in [-0.1, -0.05) is 0 Å². The highest BCUT2D eigenvalue weighted by Crippen LogP contribution is 2.26. The zero-order valence-corrected chi connectivity index (χ0v) is 16.7. The Balaban J connectivity index is 1.50. The number of ether oxygens (including phenoxy) is 1. The fourth-order valence-corrected chi connectivity index (χ4v) is 3.96. The van der Waals surface area contributed by atoms with Gasteiger partial charge < -0.3 is 15.0 Å². The summed E-state index contributed by atoms with van der Waals surface area (Å²) in [7, 11) is 0. The van der Waals surface area contributed by atoms with Crippen LogP contribution in [0.5, 0.6) is 0 Å². The third-order valence-electron chi connectivity index (χ3n) is 5.04. The monoisotopic (exact) mass is 383 g/mol. The average Bonchev–Trinajstić information content (AvgIpc) is 3.02. The smallest absolute Gasteiger partial charge is 0.234 e. The standard InChI is InChI=1S/C21H26FN5O/c1-13-7-14(2)27-18(10-24-21(27)25-13)9-23-17-5-6-20(19(22)8-17)26-11-15(3)28-16(4)12-26/h5-8,10,15-16,23H,9,11-12H2,1-4H3. The lowest BCUT2D eigenvalue weighted by Gasteiger charge is -2.37. The molecule has 0 radical (unpaired) electrons. The summed E-state index contributed by atoms with van der Waals surface area (Å²) in [4.78, 5) is 10.9. The van der Waals surface area contributed by atoms with Crippen LogP contribution in [-0.2, 0) is 11.3 Å². The van der Waals surface area contributed by atoms with Crippen LogP contribution >= 0.6 is 0 Å². The van der Waals surface area contributed by atoms with Crippen LogP contribution in [0, 0.1) is 19.7 Å². The van der Waals surface area contributed by atoms with Gasteiger partial charge in [0.1, 0.15) is 5.82 Å². The Morgan fingerprint density at radius 1 is 1.18 bits per heavy atom. The lowest BCUT2D eigenvalue weighted by molar-refractivity contribution is -0.00539. The van der Waals surface area contributed by atoms with E-state index in [1.54, 1.807) is 6.07 Å². The predicted octanol–water partition coefficient (Wildman–Crippen LogP) is 3.71. The summed E-state index contributed by atoms with van der Waals surface area (Å²) in [6.45, 7) is 9.96. The van der Waals surface area contributed by atoms with Crippen molar-refractivity contribution < 1.29 is 9.13 Å². The number of nitrogens with zero attached hydrogens (tertiary/aromatic N) is 4. The lowest BCUT2D eigenvalue weighted by atomic mass is 10.2. The molecular weight excluding hydrogens is 357 g/mol. The number of benzene rings is 1. The highest BCUT2D eigenvalue weighted by Gasteiger charge is 2.24. The van der Waals surface area contributed by atoms with Crippen LogP contribution in [0.2, 0.25) is 0 Å². The van der Waals surface area contributed by atoms with Crippen molar-refractivity contribution in [1.29, 1.82) is 0 Å². The molecule has 1 saturated heterocycles. The summed E-state index contributed by atoms with van der Waals surface area (Å²) in [6, 6.07) is 7.34. The maximum Gasteiger partial charge on any atom is 0.234 e. The zero-order chi connectivity index (χ0) is 19.8. The van der Waals surface area contributed by atoms with Gasteiger partial charge in [-0.05, 0) is 52.0 Å². The van der Waals surface area contributed by atoms with Crippen molar-refractivity contribution >= 4 is 17.2 Å². The molecule has 1 aromatic carbocycles. The average molecular weight is 383 g/mol. The summed E-state index contributed by atoms with van der Waals surface area (Å²) in [6.07, 6.45) is 2.00. The number of halogens is 1. The second kappa shape index (κ2) is 7.39. The van der Waals surface area contributed by atoms with Crippen molar-refractivity contribution in [3.05, 3.63) is 53.4 Å². The predicted molar refractivity (Wildman–Crippen MR) is 108 cm³/mol. The minimum Gasteiger partial charge on any atom is -0.379 e. The molecule has 2 unspecified atom stereocenters. The van der Waals surface area contributed by atoms with Crippen LogP contribution in [0.1, 0.15) is 30.9 Å². The van der Waals surface area contributed by atoms with Crippen LogP contribution in [0.25, 0.3) is 5.78 Å². The molecule has 0 spiro atoms. The second-order valence-electron chi connectivity index (χ2n) is 7.61. The Bertz CT molecular complexity index is 992. The fourth-order valence-electron chi connectivity index (χ4n) is 3.96. The molecule has 4 rings (SSSR count). The molecule has 6 nitrogen and oxygen atoms in total. The summed E-state index contributed by atoms with van der Waals surface area (Å²) >= 11 is 0. The van der Waals surface area contributed by atoms with E-state index in [4.69, 9.17) is 4.74 Å². The quantitative estimate of drug-likeness (QED) is 0.744. The van der Waals surface area contributed by atoms with E-state index < -0.39 is 0 Å². The molecule has 3 heterocycles. The molecule has 0 saturated carbocycles. The molecule has 3 aromatic rings. The highest BCUT2D eigenvalue weighted by molar-refractivity contribution is 5.57. The molecule has 1 fully saturated rings. The Morgan fingerprint density at radius 3 is 2.64 bits per heavy atom. The third-order valence-corrected chi connectivity index (χ3v) is 5.04. The Labute approximate surface area is 164 Å². The molecule has 1 N–H and O–H groups in total. The Kier molecular flexibility index (Phi) is 4.93. The van der Waals surface area contributed by atoms with E-state index >= 15 is 0 Å². The molecule has 0 bridgehead atoms. The molecule has 2 aromatic heterocycles. The molecule has 0 amide bonds. The van der Waals surface area contributed by atoms with Gasteiger partial charge in [-0.15, -0.1) is 0 Å². The normalized spacial score (nSPS) is 20.0. The van der Waals surface area contributed by atoms with Gasteiger partial charge in [0.05, 0.1) is 36.3 Å². The minimum atomic E-state index is -0.224. The number of aryl methyl sites for hydroxylation is 2. The highest BCUT2D eigenvalue weighted by atomic mass is 19.1. The molecule has 7 heteroatoms. The lowest BCUT2D eigenvalue weighted by Crippen LogP contribution is -2.45. The largest absolute Gasteiger partial charge is 0.379 e. The fraction of sp³-hybridized carbons (Fsp3) is 0.429. The van der Waals surface area contributed by atoms with Gasteiger partial charge >= 0.3 is 0 Å². The van der Waals surface area contributed by atoms with Gasteiger partial charge in [0.25, 0.3) is 0 Å². The van der Waals surface area contributed by atoms with Crippen molar-refractivity contribution in [3.8, 4) is 0 Å². The van der Waals surface area contributed by atoms with Crippen molar-refractivity contribution in [3.63, 3.8) is 0 Å². The van der Waals surface area contributed by atoms with Gasteiger partial charge in [-0.2, -0.15) is 0 Å². The number of fused-ring (bicyclic) bond motifs is 1. The first-order chi connectivity index (χ1) is 13.4. The van der Waals surface area contributed by atoms with Gasteiger partial charge in [0, 0.05) is 30.2 Å². The van der Waals surface area contributed by atoms with Crippen molar-refractivity contribution in [1.82, 2.24) is 14.4 Å². The molecular formula is C21H26FN5O. The number of hydrogen-bond acceptors (Lipinski definition) is 5. The number of nitrogens with one attached hydrogen (secondary N) is 1. The molecule has 2 atom stereocenters. The number of rotatable bonds is 4. The first-order valence-electron chi connectivity index (χ1n) is 9.65. The number of imidazole rings is 1. The topological polar surface area (TPSA) is 54.7 Å². The summed E-state index contributed by atoms with van der Waals surface area (Å²) < 4.78 is 22.5. The van der Waals surface area contributed by atoms with Gasteiger partial charge in [0.15, 0.2) is 0 Å². The van der Waals surface area contributed by atoms with Gasteiger partial charge in [-0.25, -0.2) is 14.4 Å². The molecule has 28 heavy (non-hydrogen) atoms. The van der Waals surface area contributed by atoms with Gasteiger partial charge in [0.2, 0.25) is 5.78 Å². The molecule has 148 valence electrons. The SMILES string of the molecule is Cc1cc(C)n2c(CNc3ccc(N4CC(C)OC(C)C4)c(F)c3)cnc2n1. The van der Waals surface area contributed by atoms with E-state index in [1.807, 2.05) is 56.5 Å². The summed E-state index contributed by atoms with van der Waals surface area (Å²) in [5, 5.41) is 3.30. The summed E-state index contributed by atoms with van der Waals surface area (Å²) in [5.41, 5.74) is 4.37. The third kappa shape index (κ3) is 3.67. The minimum absolute atomic E-state index is 0.0941. The van der Waals surface area contributed by atoms with E-state index in [2.05, 4.69) is 20.2 Å². The maximum absolute atomic E-state index is 14.8.